The molecular formula is C8H12N2O8. The summed E-state index contributed by atoms with van der Waals surface area (Å²) in [5, 5.41) is 74.9. The normalized spacial score (nSPS) is 38.3. The van der Waals surface area contributed by atoms with Crippen LogP contribution in [-0.2, 0) is 0 Å². The van der Waals surface area contributed by atoms with E-state index in [1.807, 2.05) is 0 Å². The molecule has 2 unspecified atom stereocenters. The van der Waals surface area contributed by atoms with Gasteiger partial charge >= 0.3 is 11.8 Å². The van der Waals surface area contributed by atoms with Gasteiger partial charge in [-0.3, -0.25) is 5.21 Å². The quantitative estimate of drug-likeness (QED) is 0.203. The number of hydrogen-bond donors (Lipinski definition) is 8. The van der Waals surface area contributed by atoms with Crippen molar-refractivity contribution in [1.82, 2.24) is 10.1 Å². The lowest BCUT2D eigenvalue weighted by Gasteiger charge is -2.56. The maximum absolute atomic E-state index is 10.0. The van der Waals surface area contributed by atoms with E-state index in [0.717, 1.165) is 18.2 Å². The van der Waals surface area contributed by atoms with E-state index in [2.05, 4.69) is 0 Å². The topological polar surface area (TPSA) is 168 Å². The number of fused-ring (bicyclic) bond motifs is 1. The lowest BCUT2D eigenvalue weighted by molar-refractivity contribution is -0.572. The van der Waals surface area contributed by atoms with Crippen LogP contribution in [0.15, 0.2) is 23.9 Å². The fourth-order valence-corrected chi connectivity index (χ4v) is 1.81. The fourth-order valence-electron chi connectivity index (χ4n) is 1.81. The molecule has 0 aromatic heterocycles. The van der Waals surface area contributed by atoms with Crippen molar-refractivity contribution in [2.24, 2.45) is 0 Å². The lowest BCUT2D eigenvalue weighted by atomic mass is 9.92. The number of hydroxylamine groups is 4. The van der Waals surface area contributed by atoms with Gasteiger partial charge in [-0.15, -0.1) is 0 Å². The molecular weight excluding hydrogens is 252 g/mol. The molecule has 102 valence electrons. The number of aliphatic hydroxyl groups excluding tert-OH is 1. The Morgan fingerprint density at radius 1 is 1.00 bits per heavy atom. The molecule has 10 heteroatoms. The van der Waals surface area contributed by atoms with E-state index in [1.54, 1.807) is 0 Å². The molecule has 18 heavy (non-hydrogen) atoms. The molecule has 1 aliphatic carbocycles. The van der Waals surface area contributed by atoms with Gasteiger partial charge in [0.15, 0.2) is 0 Å². The minimum absolute atomic E-state index is 0.480. The number of hydrogen-bond acceptors (Lipinski definition) is 10. The van der Waals surface area contributed by atoms with Crippen molar-refractivity contribution in [2.45, 2.75) is 23.7 Å². The molecule has 0 amide bonds. The predicted octanol–water partition coefficient (Wildman–Crippen LogP) is -3.84. The first kappa shape index (κ1) is 13.4. The molecule has 0 bridgehead atoms. The van der Waals surface area contributed by atoms with Crippen molar-refractivity contribution < 1.29 is 41.1 Å². The SMILES string of the molecule is OC1C=CC=C2N(O)C(O)(O)C(O)(O)N(O)C21O. The van der Waals surface area contributed by atoms with Crippen LogP contribution in [-0.4, -0.2) is 74.8 Å². The number of nitrogens with zero attached hydrogens (tertiary/aromatic N) is 2. The molecule has 8 N–H and O–H groups in total. The molecule has 0 aromatic rings. The number of piperazine rings is 1. The molecule has 1 fully saturated rings. The van der Waals surface area contributed by atoms with Gasteiger partial charge in [-0.05, 0) is 6.08 Å². The Bertz CT molecular complexity index is 433. The molecule has 0 aromatic carbocycles. The first-order valence-electron chi connectivity index (χ1n) is 4.75. The van der Waals surface area contributed by atoms with Gasteiger partial charge in [0.25, 0.3) is 0 Å². The molecule has 2 aliphatic rings. The van der Waals surface area contributed by atoms with Gasteiger partial charge in [-0.1, -0.05) is 17.2 Å². The second-order valence-corrected chi connectivity index (χ2v) is 4.00. The first-order valence-corrected chi connectivity index (χ1v) is 4.75. The highest BCUT2D eigenvalue weighted by atomic mass is 16.7. The Kier molecular flexibility index (Phi) is 2.58. The zero-order valence-electron chi connectivity index (χ0n) is 8.78. The van der Waals surface area contributed by atoms with Crippen LogP contribution in [0, 0.1) is 0 Å². The van der Waals surface area contributed by atoms with Crippen LogP contribution in [0.3, 0.4) is 0 Å². The molecule has 1 aliphatic heterocycles. The first-order chi connectivity index (χ1) is 8.08. The second-order valence-electron chi connectivity index (χ2n) is 4.00. The van der Waals surface area contributed by atoms with Crippen LogP contribution in [0.25, 0.3) is 0 Å². The van der Waals surface area contributed by atoms with Gasteiger partial charge in [-0.2, -0.15) is 5.06 Å². The van der Waals surface area contributed by atoms with E-state index in [-0.39, 0.29) is 0 Å². The van der Waals surface area contributed by atoms with Crippen molar-refractivity contribution in [3.05, 3.63) is 23.9 Å². The molecule has 1 saturated heterocycles. The fraction of sp³-hybridized carbons (Fsp3) is 0.500. The number of aliphatic hydroxyl groups is 6. The van der Waals surface area contributed by atoms with Crippen LogP contribution in [0.4, 0.5) is 0 Å². The zero-order valence-corrected chi connectivity index (χ0v) is 8.78. The van der Waals surface area contributed by atoms with E-state index < -0.39 is 39.5 Å². The third-order valence-electron chi connectivity index (χ3n) is 2.93. The third kappa shape index (κ3) is 1.26. The van der Waals surface area contributed by atoms with Gasteiger partial charge < -0.3 is 35.8 Å². The van der Waals surface area contributed by atoms with E-state index in [1.165, 1.54) is 0 Å². The van der Waals surface area contributed by atoms with Gasteiger partial charge in [0.2, 0.25) is 5.72 Å². The summed E-state index contributed by atoms with van der Waals surface area (Å²) >= 11 is 0. The van der Waals surface area contributed by atoms with Crippen LogP contribution >= 0.6 is 0 Å². The zero-order chi connectivity index (χ0) is 13.9. The highest BCUT2D eigenvalue weighted by Crippen LogP contribution is 2.44. The molecule has 2 rings (SSSR count). The molecule has 0 spiro atoms. The Morgan fingerprint density at radius 3 is 2.11 bits per heavy atom. The number of rotatable bonds is 0. The Morgan fingerprint density at radius 2 is 1.56 bits per heavy atom. The maximum atomic E-state index is 10.0. The largest absolute Gasteiger partial charge is 0.384 e. The minimum Gasteiger partial charge on any atom is -0.384 e. The van der Waals surface area contributed by atoms with Gasteiger partial charge in [0.05, 0.1) is 5.70 Å². The van der Waals surface area contributed by atoms with Crippen molar-refractivity contribution >= 4 is 0 Å². The standard InChI is InChI=1S/C8H12N2O8/c11-5-3-1-2-4-6(5,12)10(18)8(15,16)7(13,14)9(4)17/h1-3,5,11-18H. The highest BCUT2D eigenvalue weighted by Gasteiger charge is 2.71. The van der Waals surface area contributed by atoms with Crippen molar-refractivity contribution in [3.8, 4) is 0 Å². The molecule has 2 atom stereocenters. The summed E-state index contributed by atoms with van der Waals surface area (Å²) in [7, 11) is 0. The van der Waals surface area contributed by atoms with Gasteiger partial charge in [0.1, 0.15) is 6.10 Å². The van der Waals surface area contributed by atoms with E-state index in [0.29, 0.717) is 0 Å². The van der Waals surface area contributed by atoms with E-state index in [4.69, 9.17) is 0 Å². The lowest BCUT2D eigenvalue weighted by Crippen LogP contribution is -2.82. The predicted molar refractivity (Wildman–Crippen MR) is 49.8 cm³/mol. The second kappa shape index (κ2) is 3.48. The summed E-state index contributed by atoms with van der Waals surface area (Å²) in [6.45, 7) is 0. The van der Waals surface area contributed by atoms with Gasteiger partial charge in [0, 0.05) is 0 Å². The maximum Gasteiger partial charge on any atom is 0.344 e. The van der Waals surface area contributed by atoms with Crippen LogP contribution < -0.4 is 0 Å². The van der Waals surface area contributed by atoms with Crippen LogP contribution in [0.1, 0.15) is 0 Å². The van der Waals surface area contributed by atoms with E-state index >= 15 is 0 Å². The Hall–Kier alpha value is -1.08. The molecule has 0 radical (unpaired) electrons. The summed E-state index contributed by atoms with van der Waals surface area (Å²) in [6.07, 6.45) is 1.17. The van der Waals surface area contributed by atoms with Crippen molar-refractivity contribution in [1.29, 1.82) is 0 Å². The highest BCUT2D eigenvalue weighted by molar-refractivity contribution is 5.32. The smallest absolute Gasteiger partial charge is 0.344 e. The summed E-state index contributed by atoms with van der Waals surface area (Å²) in [4.78, 5) is 0. The summed E-state index contributed by atoms with van der Waals surface area (Å²) in [5.41, 5.74) is -3.65. The minimum atomic E-state index is -3.88. The third-order valence-corrected chi connectivity index (χ3v) is 2.93. The van der Waals surface area contributed by atoms with Crippen LogP contribution in [0.2, 0.25) is 0 Å². The average Bonchev–Trinajstić information content (AvgIpc) is 2.29. The summed E-state index contributed by atoms with van der Waals surface area (Å²) in [6, 6.07) is 0. The van der Waals surface area contributed by atoms with Gasteiger partial charge in [-0.25, -0.2) is 0 Å². The average molecular weight is 264 g/mol. The monoisotopic (exact) mass is 264 g/mol. The van der Waals surface area contributed by atoms with Crippen molar-refractivity contribution in [2.75, 3.05) is 0 Å². The molecule has 10 nitrogen and oxygen atoms in total. The number of allylic oxidation sites excluding steroid dienone is 2. The van der Waals surface area contributed by atoms with Crippen molar-refractivity contribution in [3.63, 3.8) is 0 Å². The van der Waals surface area contributed by atoms with E-state index in [9.17, 15) is 41.1 Å². The molecule has 0 saturated carbocycles. The molecule has 1 heterocycles. The Labute approximate surface area is 99.7 Å². The Balaban J connectivity index is 2.63. The van der Waals surface area contributed by atoms with Crippen LogP contribution in [0.5, 0.6) is 0 Å². The summed E-state index contributed by atoms with van der Waals surface area (Å²) < 4.78 is 0. The summed E-state index contributed by atoms with van der Waals surface area (Å²) in [5.74, 6) is -7.62.